The predicted octanol–water partition coefficient (Wildman–Crippen LogP) is 2.54. The molecule has 4 rings (SSSR count). The van der Waals surface area contributed by atoms with Crippen LogP contribution < -0.4 is 16.0 Å². The molecule has 8 heteroatoms. The molecule has 0 saturated heterocycles. The van der Waals surface area contributed by atoms with Gasteiger partial charge in [0.25, 0.3) is 5.56 Å². The van der Waals surface area contributed by atoms with Crippen LogP contribution in [0, 0.1) is 0 Å². The Bertz CT molecular complexity index is 1170. The number of nitrogen functional groups attached to an aromatic ring is 1. The van der Waals surface area contributed by atoms with Gasteiger partial charge in [0.05, 0.1) is 25.6 Å². The van der Waals surface area contributed by atoms with Crippen molar-refractivity contribution in [3.05, 3.63) is 64.3 Å². The number of anilines is 1. The molecule has 142 valence electrons. The van der Waals surface area contributed by atoms with Crippen molar-refractivity contribution >= 4 is 17.1 Å². The molecule has 1 aliphatic rings. The SMILES string of the molecule is COC1=CC(c2nc3c(=O)[nH]c(N)nc3nc2-c2cccc(OC)c2)CC=C1. The second kappa shape index (κ2) is 7.15. The molecule has 2 heterocycles. The third kappa shape index (κ3) is 3.20. The average Bonchev–Trinajstić information content (AvgIpc) is 2.73. The Morgan fingerprint density at radius 2 is 2.04 bits per heavy atom. The maximum Gasteiger partial charge on any atom is 0.280 e. The third-order valence-electron chi connectivity index (χ3n) is 4.56. The highest BCUT2D eigenvalue weighted by molar-refractivity contribution is 5.76. The second-order valence-electron chi connectivity index (χ2n) is 6.33. The number of H-pyrrole nitrogens is 1. The molecule has 28 heavy (non-hydrogen) atoms. The van der Waals surface area contributed by atoms with Crippen molar-refractivity contribution in [2.45, 2.75) is 12.3 Å². The van der Waals surface area contributed by atoms with Gasteiger partial charge in [-0.3, -0.25) is 9.78 Å². The van der Waals surface area contributed by atoms with E-state index in [1.165, 1.54) is 0 Å². The molecule has 0 fully saturated rings. The van der Waals surface area contributed by atoms with Gasteiger partial charge in [0, 0.05) is 11.5 Å². The number of allylic oxidation sites excluding steroid dienone is 3. The number of hydrogen-bond donors (Lipinski definition) is 2. The maximum absolute atomic E-state index is 12.4. The van der Waals surface area contributed by atoms with Gasteiger partial charge >= 0.3 is 0 Å². The summed E-state index contributed by atoms with van der Waals surface area (Å²) in [5.41, 5.74) is 7.71. The Morgan fingerprint density at radius 1 is 1.18 bits per heavy atom. The second-order valence-corrected chi connectivity index (χ2v) is 6.33. The normalized spacial score (nSPS) is 16.1. The zero-order valence-electron chi connectivity index (χ0n) is 15.5. The van der Waals surface area contributed by atoms with E-state index in [4.69, 9.17) is 15.2 Å². The van der Waals surface area contributed by atoms with E-state index in [-0.39, 0.29) is 23.0 Å². The van der Waals surface area contributed by atoms with E-state index < -0.39 is 5.56 Å². The molecule has 0 saturated carbocycles. The molecule has 3 N–H and O–H groups in total. The fourth-order valence-corrected chi connectivity index (χ4v) is 3.21. The van der Waals surface area contributed by atoms with E-state index in [1.807, 2.05) is 42.5 Å². The van der Waals surface area contributed by atoms with Crippen molar-refractivity contribution < 1.29 is 9.47 Å². The Hall–Kier alpha value is -3.68. The number of aromatic amines is 1. The number of methoxy groups -OCH3 is 2. The molecule has 0 bridgehead atoms. The molecule has 1 aromatic carbocycles. The fourth-order valence-electron chi connectivity index (χ4n) is 3.21. The molecule has 0 amide bonds. The highest BCUT2D eigenvalue weighted by Crippen LogP contribution is 2.34. The van der Waals surface area contributed by atoms with Gasteiger partial charge in [-0.05, 0) is 30.7 Å². The number of nitrogens with two attached hydrogens (primary N) is 1. The molecular weight excluding hydrogens is 358 g/mol. The van der Waals surface area contributed by atoms with Crippen molar-refractivity contribution in [3.63, 3.8) is 0 Å². The van der Waals surface area contributed by atoms with E-state index in [1.54, 1.807) is 14.2 Å². The van der Waals surface area contributed by atoms with E-state index in [9.17, 15) is 4.79 Å². The lowest BCUT2D eigenvalue weighted by Gasteiger charge is -2.19. The summed E-state index contributed by atoms with van der Waals surface area (Å²) >= 11 is 0. The number of hydrogen-bond acceptors (Lipinski definition) is 7. The number of aromatic nitrogens is 4. The molecule has 2 aromatic heterocycles. The lowest BCUT2D eigenvalue weighted by molar-refractivity contribution is 0.302. The zero-order valence-corrected chi connectivity index (χ0v) is 15.5. The van der Waals surface area contributed by atoms with Gasteiger partial charge in [-0.1, -0.05) is 18.2 Å². The molecule has 0 radical (unpaired) electrons. The highest BCUT2D eigenvalue weighted by Gasteiger charge is 2.22. The van der Waals surface area contributed by atoms with Crippen LogP contribution in [0.1, 0.15) is 18.0 Å². The first-order valence-electron chi connectivity index (χ1n) is 8.73. The molecule has 0 spiro atoms. The Balaban J connectivity index is 1.99. The van der Waals surface area contributed by atoms with Gasteiger partial charge in [0.1, 0.15) is 11.5 Å². The standard InChI is InChI=1S/C20H19N5O3/c1-27-13-7-3-5-11(9-13)15-16(12-6-4-8-14(10-12)28-2)23-18-17(22-15)19(26)25-20(21)24-18/h3-4,6-11H,5H2,1-2H3,(H3,21,23,24,25,26). The summed E-state index contributed by atoms with van der Waals surface area (Å²) in [4.78, 5) is 28.3. The summed E-state index contributed by atoms with van der Waals surface area (Å²) in [6, 6.07) is 7.51. The van der Waals surface area contributed by atoms with Gasteiger partial charge in [0.15, 0.2) is 11.2 Å². The van der Waals surface area contributed by atoms with Crippen molar-refractivity contribution in [1.29, 1.82) is 0 Å². The van der Waals surface area contributed by atoms with Crippen molar-refractivity contribution in [1.82, 2.24) is 19.9 Å². The van der Waals surface area contributed by atoms with Gasteiger partial charge in [-0.2, -0.15) is 4.98 Å². The molecule has 0 aliphatic heterocycles. The van der Waals surface area contributed by atoms with Crippen LogP contribution >= 0.6 is 0 Å². The number of nitrogens with one attached hydrogen (secondary N) is 1. The maximum atomic E-state index is 12.4. The van der Waals surface area contributed by atoms with Crippen molar-refractivity contribution in [3.8, 4) is 17.0 Å². The van der Waals surface area contributed by atoms with Crippen LogP contribution in [0.2, 0.25) is 0 Å². The van der Waals surface area contributed by atoms with Gasteiger partial charge in [-0.25, -0.2) is 9.97 Å². The van der Waals surface area contributed by atoms with Crippen molar-refractivity contribution in [2.24, 2.45) is 0 Å². The molecule has 1 aliphatic carbocycles. The summed E-state index contributed by atoms with van der Waals surface area (Å²) in [6.07, 6.45) is 6.60. The fraction of sp³-hybridized carbons (Fsp3) is 0.200. The molecule has 3 aromatic rings. The van der Waals surface area contributed by atoms with E-state index in [0.29, 0.717) is 23.6 Å². The van der Waals surface area contributed by atoms with E-state index >= 15 is 0 Å². The van der Waals surface area contributed by atoms with Crippen LogP contribution in [0.3, 0.4) is 0 Å². The Labute approximate surface area is 160 Å². The monoisotopic (exact) mass is 377 g/mol. The number of ether oxygens (including phenoxy) is 2. The first-order valence-corrected chi connectivity index (χ1v) is 8.73. The first kappa shape index (κ1) is 17.7. The average molecular weight is 377 g/mol. The van der Waals surface area contributed by atoms with Crippen LogP contribution in [-0.2, 0) is 4.74 Å². The van der Waals surface area contributed by atoms with E-state index in [0.717, 1.165) is 11.3 Å². The van der Waals surface area contributed by atoms with E-state index in [2.05, 4.69) is 19.9 Å². The van der Waals surface area contributed by atoms with Gasteiger partial charge in [0.2, 0.25) is 5.95 Å². The van der Waals surface area contributed by atoms with Crippen LogP contribution in [0.5, 0.6) is 5.75 Å². The molecule has 1 atom stereocenters. The molecular formula is C20H19N5O3. The van der Waals surface area contributed by atoms with Gasteiger partial charge in [-0.15, -0.1) is 0 Å². The van der Waals surface area contributed by atoms with Gasteiger partial charge < -0.3 is 15.2 Å². The quantitative estimate of drug-likeness (QED) is 0.718. The molecule has 1 unspecified atom stereocenters. The highest BCUT2D eigenvalue weighted by atomic mass is 16.5. The summed E-state index contributed by atoms with van der Waals surface area (Å²) in [5, 5.41) is 0. The topological polar surface area (TPSA) is 116 Å². The van der Waals surface area contributed by atoms with Crippen LogP contribution in [-0.4, -0.2) is 34.2 Å². The first-order chi connectivity index (χ1) is 13.6. The van der Waals surface area contributed by atoms with Crippen LogP contribution in [0.4, 0.5) is 5.95 Å². The van der Waals surface area contributed by atoms with Crippen molar-refractivity contribution in [2.75, 3.05) is 20.0 Å². The smallest absolute Gasteiger partial charge is 0.280 e. The molecule has 8 nitrogen and oxygen atoms in total. The number of rotatable bonds is 4. The number of benzene rings is 1. The lowest BCUT2D eigenvalue weighted by atomic mass is 9.92. The number of fused-ring (bicyclic) bond motifs is 1. The minimum absolute atomic E-state index is 0.00157. The summed E-state index contributed by atoms with van der Waals surface area (Å²) in [7, 11) is 3.22. The Kier molecular flexibility index (Phi) is 4.52. The number of nitrogens with zero attached hydrogens (tertiary/aromatic N) is 3. The summed E-state index contributed by atoms with van der Waals surface area (Å²) < 4.78 is 10.7. The summed E-state index contributed by atoms with van der Waals surface area (Å²) in [6.45, 7) is 0. The van der Waals surface area contributed by atoms with Crippen LogP contribution in [0.15, 0.2) is 53.0 Å². The predicted molar refractivity (Wildman–Crippen MR) is 106 cm³/mol. The largest absolute Gasteiger partial charge is 0.497 e. The Morgan fingerprint density at radius 3 is 2.82 bits per heavy atom. The zero-order chi connectivity index (χ0) is 19.7. The minimum atomic E-state index is -0.421. The lowest BCUT2D eigenvalue weighted by Crippen LogP contribution is -2.16. The minimum Gasteiger partial charge on any atom is -0.497 e. The third-order valence-corrected chi connectivity index (χ3v) is 4.56. The summed E-state index contributed by atoms with van der Waals surface area (Å²) in [5.74, 6) is 1.33. The van der Waals surface area contributed by atoms with Crippen LogP contribution in [0.25, 0.3) is 22.4 Å².